The monoisotopic (exact) mass is 415 g/mol. The van der Waals surface area contributed by atoms with Crippen molar-refractivity contribution in [3.05, 3.63) is 64.6 Å². The van der Waals surface area contributed by atoms with E-state index in [4.69, 9.17) is 0 Å². The first-order chi connectivity index (χ1) is 13.8. The van der Waals surface area contributed by atoms with Crippen LogP contribution in [0.1, 0.15) is 21.6 Å². The van der Waals surface area contributed by atoms with Crippen LogP contribution in [0.3, 0.4) is 0 Å². The van der Waals surface area contributed by atoms with E-state index in [0.717, 1.165) is 38.5 Å². The molecule has 0 spiro atoms. The third kappa shape index (κ3) is 3.77. The van der Waals surface area contributed by atoms with E-state index in [1.54, 1.807) is 18.5 Å². The molecule has 0 radical (unpaired) electrons. The van der Waals surface area contributed by atoms with E-state index in [9.17, 15) is 13.2 Å². The van der Waals surface area contributed by atoms with Gasteiger partial charge in [0.15, 0.2) is 5.82 Å². The van der Waals surface area contributed by atoms with Crippen LogP contribution in [0, 0.1) is 13.8 Å². The average Bonchev–Trinajstić information content (AvgIpc) is 3.00. The lowest BCUT2D eigenvalue weighted by atomic mass is 10.1. The predicted octanol–water partition coefficient (Wildman–Crippen LogP) is 5.40. The van der Waals surface area contributed by atoms with Crippen molar-refractivity contribution in [2.24, 2.45) is 0 Å². The van der Waals surface area contributed by atoms with Crippen molar-refractivity contribution in [3.8, 4) is 11.4 Å². The maximum Gasteiger partial charge on any atom is 0.416 e. The molecule has 0 aromatic carbocycles. The van der Waals surface area contributed by atoms with Gasteiger partial charge in [-0.05, 0) is 37.6 Å². The third-order valence-electron chi connectivity index (χ3n) is 4.60. The first kappa shape index (κ1) is 19.3. The van der Waals surface area contributed by atoms with Crippen molar-refractivity contribution in [3.63, 3.8) is 0 Å². The quantitative estimate of drug-likeness (QED) is 0.484. The molecule has 0 bridgehead atoms. The third-order valence-corrected chi connectivity index (χ3v) is 5.70. The summed E-state index contributed by atoms with van der Waals surface area (Å²) in [5.74, 6) is 0.962. The van der Waals surface area contributed by atoms with Gasteiger partial charge in [-0.2, -0.15) is 13.2 Å². The Morgan fingerprint density at radius 2 is 1.83 bits per heavy atom. The van der Waals surface area contributed by atoms with E-state index < -0.39 is 11.7 Å². The number of rotatable bonds is 4. The van der Waals surface area contributed by atoms with Gasteiger partial charge in [0, 0.05) is 47.3 Å². The van der Waals surface area contributed by atoms with Crippen LogP contribution in [-0.2, 0) is 12.7 Å². The topological polar surface area (TPSA) is 63.6 Å². The molecule has 0 atom stereocenters. The molecule has 4 aromatic heterocycles. The number of pyridine rings is 2. The van der Waals surface area contributed by atoms with Gasteiger partial charge >= 0.3 is 6.18 Å². The first-order valence-corrected chi connectivity index (χ1v) is 9.58. The molecule has 29 heavy (non-hydrogen) atoms. The second-order valence-electron chi connectivity index (χ2n) is 6.49. The summed E-state index contributed by atoms with van der Waals surface area (Å²) in [5.41, 5.74) is 1.08. The lowest BCUT2D eigenvalue weighted by Crippen LogP contribution is -2.13. The van der Waals surface area contributed by atoms with Gasteiger partial charge in [-0.15, -0.1) is 11.3 Å². The Morgan fingerprint density at radius 3 is 2.55 bits per heavy atom. The Morgan fingerprint density at radius 1 is 1.03 bits per heavy atom. The molecule has 0 saturated carbocycles. The normalized spacial score (nSPS) is 11.8. The minimum atomic E-state index is -4.45. The molecule has 1 N–H and O–H groups in total. The van der Waals surface area contributed by atoms with E-state index in [-0.39, 0.29) is 12.1 Å². The lowest BCUT2D eigenvalue weighted by Gasteiger charge is -2.14. The number of aryl methyl sites for hydroxylation is 2. The van der Waals surface area contributed by atoms with Gasteiger partial charge in [0.05, 0.1) is 10.9 Å². The Hall–Kier alpha value is -3.07. The average molecular weight is 415 g/mol. The molecule has 0 saturated heterocycles. The molecule has 9 heteroatoms. The van der Waals surface area contributed by atoms with Gasteiger partial charge in [-0.1, -0.05) is 0 Å². The van der Waals surface area contributed by atoms with E-state index >= 15 is 0 Å². The van der Waals surface area contributed by atoms with Crippen molar-refractivity contribution in [1.82, 2.24) is 19.9 Å². The standard InChI is InChI=1S/C20H16F3N5S/c1-11-12(2)29-19-16(11)18(27-17(28-19)13-4-3-6-24-8-13)26-10-14-9-25-7-5-15(14)20(21,22)23/h3-9H,10H2,1-2H3,(H,26,27,28). The number of nitrogens with one attached hydrogen (secondary N) is 1. The van der Waals surface area contributed by atoms with Gasteiger partial charge in [0.2, 0.25) is 0 Å². The predicted molar refractivity (Wildman–Crippen MR) is 107 cm³/mol. The number of aromatic nitrogens is 4. The highest BCUT2D eigenvalue weighted by molar-refractivity contribution is 7.18. The van der Waals surface area contributed by atoms with E-state index in [1.807, 2.05) is 19.9 Å². The molecule has 0 aliphatic rings. The van der Waals surface area contributed by atoms with Crippen LogP contribution in [0.25, 0.3) is 21.6 Å². The van der Waals surface area contributed by atoms with Gasteiger partial charge < -0.3 is 5.32 Å². The summed E-state index contributed by atoms with van der Waals surface area (Å²) in [5, 5.41) is 3.89. The second-order valence-corrected chi connectivity index (χ2v) is 7.69. The van der Waals surface area contributed by atoms with Crippen LogP contribution < -0.4 is 5.32 Å². The number of hydrogen-bond donors (Lipinski definition) is 1. The fraction of sp³-hybridized carbons (Fsp3) is 0.200. The van der Waals surface area contributed by atoms with Crippen LogP contribution in [0.5, 0.6) is 0 Å². The zero-order valence-corrected chi connectivity index (χ0v) is 16.4. The summed E-state index contributed by atoms with van der Waals surface area (Å²) < 4.78 is 39.9. The second kappa shape index (κ2) is 7.40. The summed E-state index contributed by atoms with van der Waals surface area (Å²) in [6, 6.07) is 4.61. The van der Waals surface area contributed by atoms with E-state index in [2.05, 4.69) is 25.3 Å². The minimum absolute atomic E-state index is 0.0549. The largest absolute Gasteiger partial charge is 0.416 e. The smallest absolute Gasteiger partial charge is 0.365 e. The van der Waals surface area contributed by atoms with Crippen LogP contribution in [-0.4, -0.2) is 19.9 Å². The Balaban J connectivity index is 1.77. The highest BCUT2D eigenvalue weighted by atomic mass is 32.1. The van der Waals surface area contributed by atoms with Crippen LogP contribution in [0.2, 0.25) is 0 Å². The van der Waals surface area contributed by atoms with Gasteiger partial charge in [-0.25, -0.2) is 9.97 Å². The molecule has 0 aliphatic carbocycles. The Kier molecular flexibility index (Phi) is 4.91. The Labute approximate surface area is 168 Å². The fourth-order valence-corrected chi connectivity index (χ4v) is 4.05. The molecular weight excluding hydrogens is 399 g/mol. The fourth-order valence-electron chi connectivity index (χ4n) is 3.03. The molecule has 5 nitrogen and oxygen atoms in total. The molecule has 0 fully saturated rings. The summed E-state index contributed by atoms with van der Waals surface area (Å²) in [4.78, 5) is 19.0. The zero-order chi connectivity index (χ0) is 20.6. The zero-order valence-electron chi connectivity index (χ0n) is 15.6. The Bertz CT molecular complexity index is 1170. The number of hydrogen-bond acceptors (Lipinski definition) is 6. The molecule has 4 heterocycles. The van der Waals surface area contributed by atoms with E-state index in [1.165, 1.54) is 17.5 Å². The van der Waals surface area contributed by atoms with Crippen molar-refractivity contribution in [1.29, 1.82) is 0 Å². The van der Waals surface area contributed by atoms with E-state index in [0.29, 0.717) is 11.6 Å². The maximum atomic E-state index is 13.3. The molecule has 148 valence electrons. The van der Waals surface area contributed by atoms with Gasteiger partial charge in [0.1, 0.15) is 10.6 Å². The summed E-state index contributed by atoms with van der Waals surface area (Å²) in [6.07, 6.45) is 1.23. The SMILES string of the molecule is Cc1sc2nc(-c3cccnc3)nc(NCc3cnccc3C(F)(F)F)c2c1C. The molecular formula is C20H16F3N5S. The molecule has 4 aromatic rings. The van der Waals surface area contributed by atoms with Crippen molar-refractivity contribution < 1.29 is 13.2 Å². The summed E-state index contributed by atoms with van der Waals surface area (Å²) in [6.45, 7) is 3.88. The van der Waals surface area contributed by atoms with Gasteiger partial charge in [0.25, 0.3) is 0 Å². The van der Waals surface area contributed by atoms with Crippen LogP contribution in [0.15, 0.2) is 43.0 Å². The number of anilines is 1. The van der Waals surface area contributed by atoms with Crippen molar-refractivity contribution in [2.45, 2.75) is 26.6 Å². The van der Waals surface area contributed by atoms with Crippen LogP contribution in [0.4, 0.5) is 19.0 Å². The van der Waals surface area contributed by atoms with Gasteiger partial charge in [-0.3, -0.25) is 9.97 Å². The number of fused-ring (bicyclic) bond motifs is 1. The number of alkyl halides is 3. The first-order valence-electron chi connectivity index (χ1n) is 8.76. The van der Waals surface area contributed by atoms with Crippen molar-refractivity contribution in [2.75, 3.05) is 5.32 Å². The highest BCUT2D eigenvalue weighted by Crippen LogP contribution is 2.36. The molecule has 0 amide bonds. The summed E-state index contributed by atoms with van der Waals surface area (Å²) in [7, 11) is 0. The summed E-state index contributed by atoms with van der Waals surface area (Å²) >= 11 is 1.53. The number of halogens is 3. The lowest BCUT2D eigenvalue weighted by molar-refractivity contribution is -0.138. The molecule has 4 rings (SSSR count). The number of nitrogens with zero attached hydrogens (tertiary/aromatic N) is 4. The maximum absolute atomic E-state index is 13.3. The minimum Gasteiger partial charge on any atom is -0.365 e. The highest BCUT2D eigenvalue weighted by Gasteiger charge is 2.33. The molecule has 0 aliphatic heterocycles. The number of thiophene rings is 1. The van der Waals surface area contributed by atoms with Crippen molar-refractivity contribution >= 4 is 27.4 Å². The molecule has 0 unspecified atom stereocenters. The van der Waals surface area contributed by atoms with Crippen LogP contribution >= 0.6 is 11.3 Å².